The molecule has 2 rings (SSSR count). The molecule has 0 aliphatic heterocycles. The third kappa shape index (κ3) is 3.18. The Morgan fingerprint density at radius 3 is 2.79 bits per heavy atom. The maximum absolute atomic E-state index is 11.7. The van der Waals surface area contributed by atoms with Gasteiger partial charge < -0.3 is 9.73 Å². The van der Waals surface area contributed by atoms with Gasteiger partial charge in [0.1, 0.15) is 11.6 Å². The van der Waals surface area contributed by atoms with Crippen molar-refractivity contribution in [2.24, 2.45) is 0 Å². The maximum atomic E-state index is 11.7. The van der Waals surface area contributed by atoms with Gasteiger partial charge in [0.25, 0.3) is 5.91 Å². The minimum Gasteiger partial charge on any atom is -0.469 e. The van der Waals surface area contributed by atoms with E-state index >= 15 is 0 Å². The van der Waals surface area contributed by atoms with Crippen LogP contribution in [0.3, 0.4) is 0 Å². The minimum atomic E-state index is -0.409. The molecule has 0 aliphatic rings. The molecule has 0 saturated carbocycles. The molecule has 0 spiro atoms. The van der Waals surface area contributed by atoms with Gasteiger partial charge in [-0.15, -0.1) is 5.10 Å². The Labute approximate surface area is 108 Å². The van der Waals surface area contributed by atoms with E-state index in [-0.39, 0.29) is 18.4 Å². The number of carbonyl (C=O) groups excluding carboxylic acids is 2. The van der Waals surface area contributed by atoms with Crippen molar-refractivity contribution in [3.05, 3.63) is 29.5 Å². The van der Waals surface area contributed by atoms with Crippen LogP contribution in [0.25, 0.3) is 0 Å². The van der Waals surface area contributed by atoms with Crippen molar-refractivity contribution in [3.63, 3.8) is 0 Å². The molecule has 0 atom stereocenters. The van der Waals surface area contributed by atoms with Gasteiger partial charge in [-0.3, -0.25) is 20.0 Å². The van der Waals surface area contributed by atoms with Crippen molar-refractivity contribution in [2.45, 2.75) is 13.8 Å². The summed E-state index contributed by atoms with van der Waals surface area (Å²) >= 11 is 0. The highest BCUT2D eigenvalue weighted by Gasteiger charge is 2.13. The molecule has 0 aromatic carbocycles. The highest BCUT2D eigenvalue weighted by atomic mass is 16.3. The number of aromatic nitrogens is 3. The standard InChI is InChI=1S/C11H13N5O3/c1-6-8(3-4-19-6)10(18)12-5-9(17)14-11-13-7(2)15-16-11/h3-4H,5H2,1-2H3,(H,12,18)(H2,13,14,15,16,17). The normalized spacial score (nSPS) is 10.2. The zero-order valence-electron chi connectivity index (χ0n) is 10.5. The second-order valence-electron chi connectivity index (χ2n) is 3.87. The van der Waals surface area contributed by atoms with Crippen molar-refractivity contribution >= 4 is 17.8 Å². The van der Waals surface area contributed by atoms with E-state index in [9.17, 15) is 9.59 Å². The molecular formula is C11H13N5O3. The van der Waals surface area contributed by atoms with Crippen molar-refractivity contribution in [3.8, 4) is 0 Å². The molecule has 0 saturated heterocycles. The van der Waals surface area contributed by atoms with Gasteiger partial charge in [-0.05, 0) is 19.9 Å². The van der Waals surface area contributed by atoms with Gasteiger partial charge in [0.15, 0.2) is 0 Å². The van der Waals surface area contributed by atoms with Crippen LogP contribution in [-0.4, -0.2) is 33.5 Å². The minimum absolute atomic E-state index is 0.170. The van der Waals surface area contributed by atoms with E-state index < -0.39 is 5.91 Å². The summed E-state index contributed by atoms with van der Waals surface area (Å²) in [5.41, 5.74) is 0.404. The first-order chi connectivity index (χ1) is 9.06. The SMILES string of the molecule is Cc1nc(NC(=O)CNC(=O)c2ccoc2C)n[nH]1. The fraction of sp³-hybridized carbons (Fsp3) is 0.273. The molecule has 0 fully saturated rings. The molecular weight excluding hydrogens is 250 g/mol. The fourth-order valence-electron chi connectivity index (χ4n) is 1.44. The number of anilines is 1. The number of rotatable bonds is 4. The van der Waals surface area contributed by atoms with E-state index in [0.29, 0.717) is 17.1 Å². The molecule has 2 heterocycles. The Hall–Kier alpha value is -2.64. The predicted molar refractivity (Wildman–Crippen MR) is 65.5 cm³/mol. The monoisotopic (exact) mass is 263 g/mol. The first-order valence-corrected chi connectivity index (χ1v) is 5.57. The molecule has 0 unspecified atom stereocenters. The number of nitrogens with zero attached hydrogens (tertiary/aromatic N) is 2. The number of aromatic amines is 1. The van der Waals surface area contributed by atoms with E-state index in [2.05, 4.69) is 25.8 Å². The third-order valence-electron chi connectivity index (χ3n) is 2.36. The van der Waals surface area contributed by atoms with Gasteiger partial charge >= 0.3 is 0 Å². The third-order valence-corrected chi connectivity index (χ3v) is 2.36. The molecule has 19 heavy (non-hydrogen) atoms. The smallest absolute Gasteiger partial charge is 0.255 e. The zero-order chi connectivity index (χ0) is 13.8. The summed E-state index contributed by atoms with van der Waals surface area (Å²) in [6.45, 7) is 3.22. The Morgan fingerprint density at radius 2 is 2.21 bits per heavy atom. The zero-order valence-corrected chi connectivity index (χ0v) is 10.5. The quantitative estimate of drug-likeness (QED) is 0.738. The summed E-state index contributed by atoms with van der Waals surface area (Å²) in [4.78, 5) is 27.2. The topological polar surface area (TPSA) is 113 Å². The number of amides is 2. The summed E-state index contributed by atoms with van der Waals surface area (Å²) in [7, 11) is 0. The van der Waals surface area contributed by atoms with Crippen molar-refractivity contribution in [1.29, 1.82) is 0 Å². The number of aryl methyl sites for hydroxylation is 2. The maximum Gasteiger partial charge on any atom is 0.255 e. The second-order valence-corrected chi connectivity index (χ2v) is 3.87. The molecule has 8 nitrogen and oxygen atoms in total. The van der Waals surface area contributed by atoms with Crippen LogP contribution in [0.1, 0.15) is 21.9 Å². The lowest BCUT2D eigenvalue weighted by Crippen LogP contribution is -2.33. The van der Waals surface area contributed by atoms with Crippen LogP contribution in [0, 0.1) is 13.8 Å². The first-order valence-electron chi connectivity index (χ1n) is 5.57. The Bertz CT molecular complexity index is 601. The number of furan rings is 1. The lowest BCUT2D eigenvalue weighted by molar-refractivity contribution is -0.115. The Balaban J connectivity index is 1.84. The average molecular weight is 263 g/mol. The van der Waals surface area contributed by atoms with Gasteiger partial charge in [0.2, 0.25) is 11.9 Å². The summed E-state index contributed by atoms with van der Waals surface area (Å²) in [5.74, 6) is 0.494. The molecule has 2 aromatic rings. The lowest BCUT2D eigenvalue weighted by atomic mass is 10.2. The number of nitrogens with one attached hydrogen (secondary N) is 3. The van der Waals surface area contributed by atoms with E-state index in [4.69, 9.17) is 4.42 Å². The molecule has 3 N–H and O–H groups in total. The largest absolute Gasteiger partial charge is 0.469 e. The summed E-state index contributed by atoms with van der Waals surface area (Å²) in [6.07, 6.45) is 1.42. The van der Waals surface area contributed by atoms with Crippen LogP contribution in [0.5, 0.6) is 0 Å². The molecule has 0 radical (unpaired) electrons. The van der Waals surface area contributed by atoms with E-state index in [1.807, 2.05) is 0 Å². The van der Waals surface area contributed by atoms with Gasteiger partial charge in [0.05, 0.1) is 18.4 Å². The van der Waals surface area contributed by atoms with Gasteiger partial charge in [-0.1, -0.05) is 0 Å². The van der Waals surface area contributed by atoms with Crippen molar-refractivity contribution < 1.29 is 14.0 Å². The van der Waals surface area contributed by atoms with Crippen molar-refractivity contribution in [1.82, 2.24) is 20.5 Å². The molecule has 0 aliphatic carbocycles. The fourth-order valence-corrected chi connectivity index (χ4v) is 1.44. The Kier molecular flexibility index (Phi) is 3.60. The second kappa shape index (κ2) is 5.34. The van der Waals surface area contributed by atoms with Crippen LogP contribution in [0.2, 0.25) is 0 Å². The average Bonchev–Trinajstić information content (AvgIpc) is 2.95. The molecule has 100 valence electrons. The van der Waals surface area contributed by atoms with E-state index in [1.165, 1.54) is 6.26 Å². The van der Waals surface area contributed by atoms with Gasteiger partial charge in [-0.25, -0.2) is 0 Å². The van der Waals surface area contributed by atoms with E-state index in [1.54, 1.807) is 19.9 Å². The van der Waals surface area contributed by atoms with Crippen LogP contribution in [0.4, 0.5) is 5.95 Å². The van der Waals surface area contributed by atoms with Crippen LogP contribution < -0.4 is 10.6 Å². The molecule has 0 bridgehead atoms. The predicted octanol–water partition coefficient (Wildman–Crippen LogP) is 0.383. The molecule has 8 heteroatoms. The highest BCUT2D eigenvalue weighted by Crippen LogP contribution is 2.07. The van der Waals surface area contributed by atoms with Crippen LogP contribution in [0.15, 0.2) is 16.7 Å². The highest BCUT2D eigenvalue weighted by molar-refractivity contribution is 5.99. The van der Waals surface area contributed by atoms with Crippen LogP contribution in [-0.2, 0) is 4.79 Å². The number of H-pyrrole nitrogens is 1. The van der Waals surface area contributed by atoms with E-state index in [0.717, 1.165) is 0 Å². The first kappa shape index (κ1) is 12.8. The number of carbonyl (C=O) groups is 2. The summed E-state index contributed by atoms with van der Waals surface area (Å²) < 4.78 is 5.01. The van der Waals surface area contributed by atoms with Crippen molar-refractivity contribution in [2.75, 3.05) is 11.9 Å². The van der Waals surface area contributed by atoms with Crippen LogP contribution >= 0.6 is 0 Å². The molecule has 2 amide bonds. The number of hydrogen-bond acceptors (Lipinski definition) is 5. The van der Waals surface area contributed by atoms with Gasteiger partial charge in [-0.2, -0.15) is 4.98 Å². The summed E-state index contributed by atoms with van der Waals surface area (Å²) in [5, 5.41) is 11.3. The molecule has 2 aromatic heterocycles. The lowest BCUT2D eigenvalue weighted by Gasteiger charge is -2.03. The summed E-state index contributed by atoms with van der Waals surface area (Å²) in [6, 6.07) is 1.54. The number of hydrogen-bond donors (Lipinski definition) is 3. The Morgan fingerprint density at radius 1 is 1.42 bits per heavy atom. The van der Waals surface area contributed by atoms with Gasteiger partial charge in [0, 0.05) is 0 Å².